The van der Waals surface area contributed by atoms with Crippen molar-refractivity contribution in [3.63, 3.8) is 0 Å². The number of ether oxygens (including phenoxy) is 1. The molecule has 0 fully saturated rings. The average molecular weight is 313 g/mol. The molecule has 0 aliphatic rings. The number of unbranched alkanes of at least 4 members (excludes halogenated alkanes) is 1. The molecule has 0 saturated heterocycles. The van der Waals surface area contributed by atoms with E-state index in [0.717, 1.165) is 12.8 Å². The molecule has 110 valence electrons. The lowest BCUT2D eigenvalue weighted by Crippen LogP contribution is -2.09. The fraction of sp³-hybridized carbons (Fsp3) is 0.500. The Morgan fingerprint density at radius 2 is 2.35 bits per heavy atom. The molecule has 0 radical (unpaired) electrons. The third kappa shape index (κ3) is 4.96. The first-order valence-corrected chi connectivity index (χ1v) is 7.78. The molecule has 20 heavy (non-hydrogen) atoms. The van der Waals surface area contributed by atoms with Gasteiger partial charge in [-0.2, -0.15) is 0 Å². The topological polar surface area (TPSA) is 51.5 Å². The van der Waals surface area contributed by atoms with Crippen molar-refractivity contribution >= 4 is 35.6 Å². The Hall–Kier alpha value is -1.36. The minimum Gasteiger partial charge on any atom is -0.493 e. The highest BCUT2D eigenvalue weighted by Crippen LogP contribution is 2.27. The summed E-state index contributed by atoms with van der Waals surface area (Å²) in [5.74, 6) is -0.188. The smallest absolute Gasteiger partial charge is 0.307 e. The van der Waals surface area contributed by atoms with Gasteiger partial charge in [-0.15, -0.1) is 17.1 Å². The molecular formula is C14H19NO3S2. The molecule has 0 atom stereocenters. The highest BCUT2D eigenvalue weighted by Gasteiger charge is 2.11. The maximum atomic E-state index is 11.5. The van der Waals surface area contributed by atoms with Crippen molar-refractivity contribution in [2.45, 2.75) is 39.7 Å². The average Bonchev–Trinajstić information content (AvgIpc) is 2.69. The molecule has 0 spiro atoms. The number of hydrogen-bond acceptors (Lipinski definition) is 5. The second-order valence-corrected chi connectivity index (χ2v) is 5.81. The summed E-state index contributed by atoms with van der Waals surface area (Å²) in [6, 6.07) is 0. The van der Waals surface area contributed by atoms with Crippen molar-refractivity contribution in [3.05, 3.63) is 20.6 Å². The van der Waals surface area contributed by atoms with Gasteiger partial charge in [-0.3, -0.25) is 9.36 Å². The summed E-state index contributed by atoms with van der Waals surface area (Å²) in [5, 5.41) is 10.0. The number of hydrogen-bond donors (Lipinski definition) is 1. The van der Waals surface area contributed by atoms with Gasteiger partial charge in [0, 0.05) is 12.6 Å². The van der Waals surface area contributed by atoms with E-state index in [2.05, 4.69) is 5.73 Å². The summed E-state index contributed by atoms with van der Waals surface area (Å²) in [4.78, 5) is 12.2. The zero-order valence-corrected chi connectivity index (χ0v) is 13.4. The summed E-state index contributed by atoms with van der Waals surface area (Å²) in [5.41, 5.74) is 2.89. The summed E-state index contributed by atoms with van der Waals surface area (Å²) >= 11 is 6.47. The summed E-state index contributed by atoms with van der Waals surface area (Å²) in [6.45, 7) is 4.66. The third-order valence-electron chi connectivity index (χ3n) is 2.58. The number of thiazole rings is 1. The molecule has 1 aromatic heterocycles. The van der Waals surface area contributed by atoms with Crippen LogP contribution >= 0.6 is 23.6 Å². The van der Waals surface area contributed by atoms with Gasteiger partial charge in [0.05, 0.1) is 17.9 Å². The fourth-order valence-corrected chi connectivity index (χ4v) is 2.72. The number of aromatic nitrogens is 1. The Balaban J connectivity index is 2.65. The molecule has 0 aromatic carbocycles. The zero-order valence-electron chi connectivity index (χ0n) is 11.7. The third-order valence-corrected chi connectivity index (χ3v) is 3.96. The van der Waals surface area contributed by atoms with Crippen LogP contribution in [0.1, 0.15) is 38.0 Å². The van der Waals surface area contributed by atoms with E-state index in [1.807, 2.05) is 13.8 Å². The molecule has 0 unspecified atom stereocenters. The molecule has 1 rings (SSSR count). The lowest BCUT2D eigenvalue weighted by atomic mass is 10.3. The van der Waals surface area contributed by atoms with Crippen molar-refractivity contribution in [3.8, 4) is 5.88 Å². The monoisotopic (exact) mass is 313 g/mol. The van der Waals surface area contributed by atoms with Crippen LogP contribution in [0.25, 0.3) is 6.08 Å². The molecule has 4 nitrogen and oxygen atoms in total. The van der Waals surface area contributed by atoms with E-state index in [9.17, 15) is 9.90 Å². The van der Waals surface area contributed by atoms with Crippen molar-refractivity contribution in [2.75, 3.05) is 6.61 Å². The number of allylic oxidation sites excluding steroid dienone is 1. The molecule has 0 saturated carbocycles. The van der Waals surface area contributed by atoms with E-state index in [4.69, 9.17) is 17.0 Å². The van der Waals surface area contributed by atoms with Gasteiger partial charge in [-0.25, -0.2) is 0 Å². The number of aromatic hydroxyl groups is 1. The van der Waals surface area contributed by atoms with Crippen LogP contribution in [0.5, 0.6) is 5.88 Å². The van der Waals surface area contributed by atoms with Crippen molar-refractivity contribution in [1.29, 1.82) is 0 Å². The summed E-state index contributed by atoms with van der Waals surface area (Å²) in [6.07, 6.45) is 5.48. The van der Waals surface area contributed by atoms with Crippen molar-refractivity contribution in [1.82, 2.24) is 4.57 Å². The maximum Gasteiger partial charge on any atom is 0.307 e. The van der Waals surface area contributed by atoms with Crippen LogP contribution in [0.4, 0.5) is 0 Å². The van der Waals surface area contributed by atoms with Crippen LogP contribution < -0.4 is 0 Å². The standard InChI is InChI=1S/C14H19NO3S2/c1-3-5-7-11-13(17)15(14(19)20-11)9-8-12(16)18-10-6-4-2/h3,7,17H,4,6,8-10H2,1-2H3. The number of nitrogens with zero attached hydrogens (tertiary/aromatic N) is 1. The van der Waals surface area contributed by atoms with Crippen LogP contribution in [0.15, 0.2) is 11.8 Å². The minimum atomic E-state index is -0.267. The van der Waals surface area contributed by atoms with Gasteiger partial charge in [0.25, 0.3) is 0 Å². The van der Waals surface area contributed by atoms with E-state index in [0.29, 0.717) is 22.0 Å². The Morgan fingerprint density at radius 1 is 1.60 bits per heavy atom. The molecule has 0 bridgehead atoms. The van der Waals surface area contributed by atoms with Crippen LogP contribution in [0.3, 0.4) is 0 Å². The normalized spacial score (nSPS) is 9.90. The number of esters is 1. The van der Waals surface area contributed by atoms with E-state index >= 15 is 0 Å². The first-order valence-electron chi connectivity index (χ1n) is 6.55. The predicted molar refractivity (Wildman–Crippen MR) is 83.5 cm³/mol. The van der Waals surface area contributed by atoms with Gasteiger partial charge < -0.3 is 9.84 Å². The largest absolute Gasteiger partial charge is 0.493 e. The minimum absolute atomic E-state index is 0.0794. The Kier molecular flexibility index (Phi) is 7.30. The predicted octanol–water partition coefficient (Wildman–Crippen LogP) is 3.91. The highest BCUT2D eigenvalue weighted by atomic mass is 32.1. The van der Waals surface area contributed by atoms with Crippen molar-refractivity contribution in [2.24, 2.45) is 0 Å². The van der Waals surface area contributed by atoms with E-state index in [-0.39, 0.29) is 18.3 Å². The first-order chi connectivity index (χ1) is 9.60. The molecular weight excluding hydrogens is 294 g/mol. The molecule has 1 heterocycles. The maximum absolute atomic E-state index is 11.5. The van der Waals surface area contributed by atoms with Gasteiger partial charge in [0.2, 0.25) is 5.88 Å². The SMILES string of the molecule is CC=C=Cc1sc(=S)n(CCC(=O)OCCCC)c1O. The van der Waals surface area contributed by atoms with Gasteiger partial charge in [0.15, 0.2) is 3.95 Å². The molecule has 0 aliphatic heterocycles. The second kappa shape index (κ2) is 8.74. The van der Waals surface area contributed by atoms with Gasteiger partial charge >= 0.3 is 5.97 Å². The van der Waals surface area contributed by atoms with Crippen LogP contribution in [0.2, 0.25) is 0 Å². The quantitative estimate of drug-likeness (QED) is 0.359. The van der Waals surface area contributed by atoms with Gasteiger partial charge in [-0.05, 0) is 31.6 Å². The van der Waals surface area contributed by atoms with Crippen LogP contribution in [0, 0.1) is 3.95 Å². The van der Waals surface area contributed by atoms with E-state index in [1.54, 1.807) is 16.7 Å². The Morgan fingerprint density at radius 3 is 3.00 bits per heavy atom. The fourth-order valence-electron chi connectivity index (χ4n) is 1.47. The number of carbonyl (C=O) groups is 1. The van der Waals surface area contributed by atoms with Crippen LogP contribution in [-0.2, 0) is 16.1 Å². The second-order valence-electron chi connectivity index (χ2n) is 4.13. The zero-order chi connectivity index (χ0) is 15.0. The molecule has 0 aliphatic carbocycles. The van der Waals surface area contributed by atoms with Crippen LogP contribution in [-0.4, -0.2) is 22.2 Å². The van der Waals surface area contributed by atoms with E-state index < -0.39 is 0 Å². The summed E-state index contributed by atoms with van der Waals surface area (Å²) in [7, 11) is 0. The Bertz CT molecular complexity index is 565. The Labute approximate surface area is 128 Å². The van der Waals surface area contributed by atoms with E-state index in [1.165, 1.54) is 11.3 Å². The first kappa shape index (κ1) is 16.7. The number of carbonyl (C=O) groups excluding carboxylic acids is 1. The lowest BCUT2D eigenvalue weighted by Gasteiger charge is -2.05. The van der Waals surface area contributed by atoms with Gasteiger partial charge in [-0.1, -0.05) is 13.3 Å². The number of rotatable bonds is 7. The molecule has 1 N–H and O–H groups in total. The molecule has 1 aromatic rings. The lowest BCUT2D eigenvalue weighted by molar-refractivity contribution is -0.144. The molecule has 0 amide bonds. The van der Waals surface area contributed by atoms with Crippen molar-refractivity contribution < 1.29 is 14.6 Å². The highest BCUT2D eigenvalue weighted by molar-refractivity contribution is 7.73. The van der Waals surface area contributed by atoms with Gasteiger partial charge in [0.1, 0.15) is 0 Å². The summed E-state index contributed by atoms with van der Waals surface area (Å²) < 4.78 is 7.15. The molecule has 6 heteroatoms.